The number of β-amino-alcohol motifs (C(OH)–C–C–N with tert-alkyl or cyclic N) is 1. The minimum atomic E-state index is -0.661. The van der Waals surface area contributed by atoms with Gasteiger partial charge in [0.2, 0.25) is 0 Å². The van der Waals surface area contributed by atoms with Crippen LogP contribution < -0.4 is 4.74 Å². The van der Waals surface area contributed by atoms with Crippen LogP contribution in [0.5, 0.6) is 5.75 Å². The van der Waals surface area contributed by atoms with E-state index in [1.54, 1.807) is 26.0 Å². The second-order valence-electron chi connectivity index (χ2n) is 9.52. The van der Waals surface area contributed by atoms with E-state index in [0.717, 1.165) is 42.5 Å². The number of aliphatic hydroxyl groups excluding tert-OH is 1. The van der Waals surface area contributed by atoms with E-state index in [9.17, 15) is 14.3 Å². The maximum absolute atomic E-state index is 14.0. The van der Waals surface area contributed by atoms with Crippen molar-refractivity contribution in [3.63, 3.8) is 0 Å². The molecule has 6 nitrogen and oxygen atoms in total. The van der Waals surface area contributed by atoms with Gasteiger partial charge in [0.1, 0.15) is 11.6 Å². The molecule has 0 amide bonds. The highest BCUT2D eigenvalue weighted by molar-refractivity contribution is 5.87. The van der Waals surface area contributed by atoms with E-state index in [0.29, 0.717) is 31.1 Å². The number of hydrogen-bond acceptors (Lipinski definition) is 6. The van der Waals surface area contributed by atoms with E-state index in [1.165, 1.54) is 6.08 Å². The van der Waals surface area contributed by atoms with Crippen LogP contribution in [-0.2, 0) is 20.7 Å². The van der Waals surface area contributed by atoms with Crippen molar-refractivity contribution in [1.29, 1.82) is 0 Å². The number of nitrogens with zero attached hydrogens (tertiary/aromatic N) is 1. The number of esters is 1. The molecule has 37 heavy (non-hydrogen) atoms. The van der Waals surface area contributed by atoms with Crippen LogP contribution >= 0.6 is 0 Å². The molecule has 0 radical (unpaired) electrons. The van der Waals surface area contributed by atoms with Crippen LogP contribution in [0.1, 0.15) is 62.0 Å². The molecule has 2 aromatic carbocycles. The maximum atomic E-state index is 14.0. The molecule has 1 heterocycles. The second-order valence-corrected chi connectivity index (χ2v) is 9.52. The van der Waals surface area contributed by atoms with Crippen molar-refractivity contribution in [2.24, 2.45) is 0 Å². The van der Waals surface area contributed by atoms with E-state index in [4.69, 9.17) is 14.2 Å². The summed E-state index contributed by atoms with van der Waals surface area (Å²) in [5.74, 6) is 0.142. The topological polar surface area (TPSA) is 68.2 Å². The third kappa shape index (κ3) is 8.66. The number of aryl methyl sites for hydroxylation is 1. The lowest BCUT2D eigenvalue weighted by Gasteiger charge is -2.27. The lowest BCUT2D eigenvalue weighted by molar-refractivity contribution is -0.137. The average molecular weight is 514 g/mol. The van der Waals surface area contributed by atoms with Gasteiger partial charge in [-0.15, -0.1) is 0 Å². The number of benzene rings is 2. The fourth-order valence-corrected chi connectivity index (χ4v) is 4.73. The highest BCUT2D eigenvalue weighted by Gasteiger charge is 2.27. The predicted octanol–water partition coefficient (Wildman–Crippen LogP) is 5.25. The third-order valence-electron chi connectivity index (χ3n) is 6.68. The van der Waals surface area contributed by atoms with Crippen LogP contribution in [0, 0.1) is 12.7 Å². The Bertz CT molecular complexity index is 1060. The van der Waals surface area contributed by atoms with Gasteiger partial charge in [-0.25, -0.2) is 9.18 Å². The normalized spacial score (nSPS) is 17.7. The number of likely N-dealkylation sites (tertiary alicyclic amines) is 1. The number of halogens is 1. The standard InChI is InChI=1S/C30H40FNO5/c1-5-35-27-13-11-24(12-14-30(34)36-6-2)28(18-27)22(4)37-20-26(33)19-32-15-7-8-25(32)16-23-10-9-21(3)29(31)17-23/h9-14,17-18,22,25-26,33H,5-8,15-16,19-20H2,1-4H3/t22-,25+,26-/m1/s1. The Morgan fingerprint density at radius 2 is 2.03 bits per heavy atom. The van der Waals surface area contributed by atoms with Crippen LogP contribution in [0.2, 0.25) is 0 Å². The molecule has 1 saturated heterocycles. The number of rotatable bonds is 13. The Hall–Kier alpha value is -2.74. The molecule has 2 aromatic rings. The Balaban J connectivity index is 1.60. The van der Waals surface area contributed by atoms with E-state index in [-0.39, 0.29) is 24.6 Å². The minimum Gasteiger partial charge on any atom is -0.494 e. The quantitative estimate of drug-likeness (QED) is 0.291. The van der Waals surface area contributed by atoms with Gasteiger partial charge in [-0.3, -0.25) is 4.90 Å². The second kappa shape index (κ2) is 14.3. The van der Waals surface area contributed by atoms with Gasteiger partial charge in [0.15, 0.2) is 0 Å². The van der Waals surface area contributed by atoms with Crippen LogP contribution in [-0.4, -0.2) is 61.0 Å². The number of carbonyl (C=O) groups excluding carboxylic acids is 1. The minimum absolute atomic E-state index is 0.170. The molecule has 1 fully saturated rings. The van der Waals surface area contributed by atoms with Gasteiger partial charge in [-0.2, -0.15) is 0 Å². The summed E-state index contributed by atoms with van der Waals surface area (Å²) in [7, 11) is 0. The average Bonchev–Trinajstić information content (AvgIpc) is 3.30. The lowest BCUT2D eigenvalue weighted by atomic mass is 10.0. The van der Waals surface area contributed by atoms with Gasteiger partial charge in [0, 0.05) is 18.7 Å². The maximum Gasteiger partial charge on any atom is 0.330 e. The first-order valence-electron chi connectivity index (χ1n) is 13.2. The molecule has 0 saturated carbocycles. The van der Waals surface area contributed by atoms with Crippen LogP contribution in [0.4, 0.5) is 4.39 Å². The SMILES string of the molecule is CCOC(=O)C=Cc1ccc(OCC)cc1[C@@H](C)OC[C@H](O)CN1CCC[C@H]1Cc1ccc(C)c(F)c1. The van der Waals surface area contributed by atoms with Gasteiger partial charge >= 0.3 is 5.97 Å². The van der Waals surface area contributed by atoms with Crippen molar-refractivity contribution in [3.8, 4) is 5.75 Å². The van der Waals surface area contributed by atoms with Gasteiger partial charge < -0.3 is 19.3 Å². The Morgan fingerprint density at radius 1 is 1.22 bits per heavy atom. The summed E-state index contributed by atoms with van der Waals surface area (Å²) < 4.78 is 30.7. The largest absolute Gasteiger partial charge is 0.494 e. The van der Waals surface area contributed by atoms with E-state index >= 15 is 0 Å². The van der Waals surface area contributed by atoms with Crippen LogP contribution in [0.25, 0.3) is 6.08 Å². The Morgan fingerprint density at radius 3 is 2.76 bits per heavy atom. The summed E-state index contributed by atoms with van der Waals surface area (Å²) in [6.07, 6.45) is 4.97. The molecule has 1 N–H and O–H groups in total. The third-order valence-corrected chi connectivity index (χ3v) is 6.68. The van der Waals surface area contributed by atoms with Crippen LogP contribution in [0.3, 0.4) is 0 Å². The summed E-state index contributed by atoms with van der Waals surface area (Å²) in [6, 6.07) is 11.4. The van der Waals surface area contributed by atoms with Crippen molar-refractivity contribution in [3.05, 3.63) is 70.5 Å². The molecule has 0 aromatic heterocycles. The molecular formula is C30H40FNO5. The molecule has 3 atom stereocenters. The molecule has 0 spiro atoms. The summed E-state index contributed by atoms with van der Waals surface area (Å²) in [6.45, 7) is 9.81. The molecular weight excluding hydrogens is 473 g/mol. The first-order valence-corrected chi connectivity index (χ1v) is 13.2. The Kier molecular flexibility index (Phi) is 11.1. The molecule has 0 bridgehead atoms. The van der Waals surface area contributed by atoms with Crippen molar-refractivity contribution in [1.82, 2.24) is 4.90 Å². The molecule has 1 aliphatic rings. The van der Waals surface area contributed by atoms with Gasteiger partial charge in [-0.05, 0) is 100 Å². The first kappa shape index (κ1) is 28.8. The first-order chi connectivity index (χ1) is 17.8. The molecule has 3 rings (SSSR count). The summed E-state index contributed by atoms with van der Waals surface area (Å²) in [4.78, 5) is 14.1. The van der Waals surface area contributed by atoms with Crippen molar-refractivity contribution >= 4 is 12.0 Å². The summed E-state index contributed by atoms with van der Waals surface area (Å²) >= 11 is 0. The van der Waals surface area contributed by atoms with E-state index < -0.39 is 12.1 Å². The number of hydrogen-bond donors (Lipinski definition) is 1. The Labute approximate surface area is 220 Å². The van der Waals surface area contributed by atoms with Gasteiger partial charge in [0.25, 0.3) is 0 Å². The molecule has 0 aliphatic carbocycles. The molecule has 202 valence electrons. The highest BCUT2D eigenvalue weighted by Crippen LogP contribution is 2.28. The number of carbonyl (C=O) groups is 1. The zero-order chi connectivity index (χ0) is 26.8. The fourth-order valence-electron chi connectivity index (χ4n) is 4.73. The fraction of sp³-hybridized carbons (Fsp3) is 0.500. The van der Waals surface area contributed by atoms with Crippen molar-refractivity contribution in [2.45, 2.75) is 65.2 Å². The van der Waals surface area contributed by atoms with Gasteiger partial charge in [-0.1, -0.05) is 18.2 Å². The monoisotopic (exact) mass is 513 g/mol. The predicted molar refractivity (Wildman–Crippen MR) is 143 cm³/mol. The lowest BCUT2D eigenvalue weighted by Crippen LogP contribution is -2.39. The smallest absolute Gasteiger partial charge is 0.330 e. The summed E-state index contributed by atoms with van der Waals surface area (Å²) in [5, 5.41) is 10.8. The number of ether oxygens (including phenoxy) is 3. The zero-order valence-corrected chi connectivity index (χ0v) is 22.4. The van der Waals surface area contributed by atoms with E-state index in [2.05, 4.69) is 4.90 Å². The van der Waals surface area contributed by atoms with Gasteiger partial charge in [0.05, 0.1) is 32.0 Å². The van der Waals surface area contributed by atoms with Crippen molar-refractivity contribution < 1.29 is 28.5 Å². The van der Waals surface area contributed by atoms with Crippen LogP contribution in [0.15, 0.2) is 42.5 Å². The molecule has 1 aliphatic heterocycles. The van der Waals surface area contributed by atoms with E-state index in [1.807, 2.05) is 44.2 Å². The zero-order valence-electron chi connectivity index (χ0n) is 22.4. The summed E-state index contributed by atoms with van der Waals surface area (Å²) in [5.41, 5.74) is 3.32. The van der Waals surface area contributed by atoms with Crippen molar-refractivity contribution in [2.75, 3.05) is 32.9 Å². The highest BCUT2D eigenvalue weighted by atomic mass is 19.1. The number of aliphatic hydroxyl groups is 1. The molecule has 0 unspecified atom stereocenters. The molecule has 7 heteroatoms.